The molecule has 0 aromatic heterocycles. The Hall–Kier alpha value is -1.56. The molecule has 1 unspecified atom stereocenters. The normalized spacial score (nSPS) is 18.4. The monoisotopic (exact) mass is 326 g/mol. The van der Waals surface area contributed by atoms with Crippen molar-refractivity contribution in [2.45, 2.75) is 13.3 Å². The van der Waals surface area contributed by atoms with Gasteiger partial charge >= 0.3 is 12.0 Å². The van der Waals surface area contributed by atoms with Gasteiger partial charge < -0.3 is 15.3 Å². The van der Waals surface area contributed by atoms with E-state index >= 15 is 0 Å². The maximum absolute atomic E-state index is 12.0. The Morgan fingerprint density at radius 2 is 2.21 bits per heavy atom. The van der Waals surface area contributed by atoms with Gasteiger partial charge in [0.2, 0.25) is 0 Å². The van der Waals surface area contributed by atoms with Crippen molar-refractivity contribution >= 4 is 33.6 Å². The molecule has 0 aliphatic carbocycles. The van der Waals surface area contributed by atoms with Crippen molar-refractivity contribution in [1.29, 1.82) is 0 Å². The zero-order chi connectivity index (χ0) is 14.0. The van der Waals surface area contributed by atoms with Crippen LogP contribution in [0.5, 0.6) is 0 Å². The lowest BCUT2D eigenvalue weighted by atomic mass is 10.1. The van der Waals surface area contributed by atoms with Crippen molar-refractivity contribution in [3.63, 3.8) is 0 Å². The lowest BCUT2D eigenvalue weighted by molar-refractivity contribution is -0.141. The van der Waals surface area contributed by atoms with E-state index in [-0.39, 0.29) is 12.6 Å². The highest BCUT2D eigenvalue weighted by Gasteiger charge is 2.30. The lowest BCUT2D eigenvalue weighted by Gasteiger charge is -2.17. The van der Waals surface area contributed by atoms with E-state index in [1.165, 1.54) is 4.90 Å². The Bertz CT molecular complexity index is 519. The van der Waals surface area contributed by atoms with E-state index in [4.69, 9.17) is 5.11 Å². The van der Waals surface area contributed by atoms with Crippen LogP contribution in [0.4, 0.5) is 10.5 Å². The van der Waals surface area contributed by atoms with E-state index in [2.05, 4.69) is 21.2 Å². The number of carbonyl (C=O) groups excluding carboxylic acids is 1. The molecule has 19 heavy (non-hydrogen) atoms. The molecule has 2 rings (SSSR count). The highest BCUT2D eigenvalue weighted by molar-refractivity contribution is 9.10. The molecule has 1 aliphatic heterocycles. The van der Waals surface area contributed by atoms with Crippen molar-refractivity contribution in [1.82, 2.24) is 4.90 Å². The molecular formula is C13H15BrN2O3. The largest absolute Gasteiger partial charge is 0.481 e. The lowest BCUT2D eigenvalue weighted by Crippen LogP contribution is -2.33. The first kappa shape index (κ1) is 13.9. The zero-order valence-corrected chi connectivity index (χ0v) is 12.1. The average molecular weight is 327 g/mol. The van der Waals surface area contributed by atoms with E-state index in [1.54, 1.807) is 6.07 Å². The van der Waals surface area contributed by atoms with E-state index in [9.17, 15) is 9.59 Å². The number of halogens is 1. The summed E-state index contributed by atoms with van der Waals surface area (Å²) in [4.78, 5) is 24.4. The molecule has 1 saturated heterocycles. The number of amides is 2. The van der Waals surface area contributed by atoms with Crippen LogP contribution in [0.15, 0.2) is 22.7 Å². The topological polar surface area (TPSA) is 69.6 Å². The Kier molecular flexibility index (Phi) is 4.09. The van der Waals surface area contributed by atoms with Crippen LogP contribution in [-0.2, 0) is 4.79 Å². The first-order valence-electron chi connectivity index (χ1n) is 6.02. The summed E-state index contributed by atoms with van der Waals surface area (Å²) in [6.07, 6.45) is 0.516. The number of carbonyl (C=O) groups is 2. The summed E-state index contributed by atoms with van der Waals surface area (Å²) in [5.74, 6) is -1.29. The number of benzene rings is 1. The van der Waals surface area contributed by atoms with E-state index in [1.807, 2.05) is 19.1 Å². The molecule has 102 valence electrons. The summed E-state index contributed by atoms with van der Waals surface area (Å²) < 4.78 is 0.984. The van der Waals surface area contributed by atoms with Gasteiger partial charge in [-0.3, -0.25) is 4.79 Å². The highest BCUT2D eigenvalue weighted by atomic mass is 79.9. The van der Waals surface area contributed by atoms with Crippen LogP contribution in [0.2, 0.25) is 0 Å². The average Bonchev–Trinajstić information content (AvgIpc) is 2.83. The number of aryl methyl sites for hydroxylation is 1. The molecule has 0 bridgehead atoms. The first-order valence-corrected chi connectivity index (χ1v) is 6.81. The van der Waals surface area contributed by atoms with Crippen molar-refractivity contribution < 1.29 is 14.7 Å². The Balaban J connectivity index is 1.98. The second-order valence-corrected chi connectivity index (χ2v) is 5.52. The molecule has 0 saturated carbocycles. The van der Waals surface area contributed by atoms with Gasteiger partial charge in [0, 0.05) is 23.2 Å². The predicted molar refractivity (Wildman–Crippen MR) is 75.2 cm³/mol. The number of carboxylic acids is 1. The Morgan fingerprint density at radius 3 is 2.79 bits per heavy atom. The molecule has 1 heterocycles. The Labute approximate surface area is 119 Å². The van der Waals surface area contributed by atoms with Gasteiger partial charge in [-0.05, 0) is 37.1 Å². The number of rotatable bonds is 2. The number of hydrogen-bond donors (Lipinski definition) is 2. The van der Waals surface area contributed by atoms with Crippen LogP contribution in [0.25, 0.3) is 0 Å². The molecule has 6 heteroatoms. The van der Waals surface area contributed by atoms with Crippen molar-refractivity contribution in [2.24, 2.45) is 5.92 Å². The van der Waals surface area contributed by atoms with Crippen LogP contribution < -0.4 is 5.32 Å². The minimum Gasteiger partial charge on any atom is -0.481 e. The van der Waals surface area contributed by atoms with Gasteiger partial charge in [0.1, 0.15) is 0 Å². The van der Waals surface area contributed by atoms with Crippen LogP contribution in [-0.4, -0.2) is 35.1 Å². The molecule has 1 aromatic carbocycles. The third kappa shape index (κ3) is 3.26. The van der Waals surface area contributed by atoms with Gasteiger partial charge in [-0.25, -0.2) is 4.79 Å². The zero-order valence-electron chi connectivity index (χ0n) is 10.5. The highest BCUT2D eigenvalue weighted by Crippen LogP contribution is 2.21. The van der Waals surface area contributed by atoms with Gasteiger partial charge in [0.05, 0.1) is 5.92 Å². The number of anilines is 1. The fourth-order valence-electron chi connectivity index (χ4n) is 2.07. The third-order valence-corrected chi connectivity index (χ3v) is 4.12. The molecule has 2 N–H and O–H groups in total. The fourth-order valence-corrected chi connectivity index (χ4v) is 2.32. The number of aliphatic carboxylic acids is 1. The molecule has 0 radical (unpaired) electrons. The number of carboxylic acid groups (broad SMARTS) is 1. The van der Waals surface area contributed by atoms with Gasteiger partial charge in [0.15, 0.2) is 0 Å². The molecule has 1 fully saturated rings. The molecule has 1 atom stereocenters. The first-order chi connectivity index (χ1) is 8.97. The van der Waals surface area contributed by atoms with Gasteiger partial charge in [-0.2, -0.15) is 0 Å². The van der Waals surface area contributed by atoms with Crippen LogP contribution in [0.3, 0.4) is 0 Å². The number of urea groups is 1. The third-order valence-electron chi connectivity index (χ3n) is 3.23. The van der Waals surface area contributed by atoms with Gasteiger partial charge in [-0.15, -0.1) is 0 Å². The van der Waals surface area contributed by atoms with E-state index in [0.717, 1.165) is 10.0 Å². The number of nitrogens with one attached hydrogen (secondary N) is 1. The van der Waals surface area contributed by atoms with E-state index < -0.39 is 11.9 Å². The van der Waals surface area contributed by atoms with Gasteiger partial charge in [-0.1, -0.05) is 15.9 Å². The predicted octanol–water partition coefficient (Wildman–Crippen LogP) is 2.70. The molecule has 0 spiro atoms. The van der Waals surface area contributed by atoms with Crippen molar-refractivity contribution in [3.05, 3.63) is 28.2 Å². The molecule has 1 aliphatic rings. The van der Waals surface area contributed by atoms with Crippen molar-refractivity contribution in [3.8, 4) is 0 Å². The minimum absolute atomic E-state index is 0.245. The maximum Gasteiger partial charge on any atom is 0.321 e. The van der Waals surface area contributed by atoms with Crippen molar-refractivity contribution in [2.75, 3.05) is 18.4 Å². The summed E-state index contributed by atoms with van der Waals surface area (Å²) in [5.41, 5.74) is 1.74. The molecule has 1 aromatic rings. The summed E-state index contributed by atoms with van der Waals surface area (Å²) in [5, 5.41) is 11.7. The molecule has 2 amide bonds. The van der Waals surface area contributed by atoms with Crippen LogP contribution >= 0.6 is 15.9 Å². The second-order valence-electron chi connectivity index (χ2n) is 4.66. The van der Waals surface area contributed by atoms with E-state index in [0.29, 0.717) is 18.7 Å². The number of nitrogens with zero attached hydrogens (tertiary/aromatic N) is 1. The quantitative estimate of drug-likeness (QED) is 0.877. The summed E-state index contributed by atoms with van der Waals surface area (Å²) in [6, 6.07) is 5.30. The second kappa shape index (κ2) is 5.61. The van der Waals surface area contributed by atoms with Crippen LogP contribution in [0, 0.1) is 12.8 Å². The minimum atomic E-state index is -0.838. The Morgan fingerprint density at radius 1 is 1.47 bits per heavy atom. The number of likely N-dealkylation sites (tertiary alicyclic amines) is 1. The molecular weight excluding hydrogens is 312 g/mol. The fraction of sp³-hybridized carbons (Fsp3) is 0.385. The smallest absolute Gasteiger partial charge is 0.321 e. The summed E-state index contributed by atoms with van der Waals surface area (Å²) >= 11 is 3.40. The standard InChI is InChI=1S/C13H15BrN2O3/c1-8-6-10(2-3-11(8)14)15-13(19)16-5-4-9(7-16)12(17)18/h2-3,6,9H,4-5,7H2,1H3,(H,15,19)(H,17,18). The summed E-state index contributed by atoms with van der Waals surface area (Å²) in [6.45, 7) is 2.70. The SMILES string of the molecule is Cc1cc(NC(=O)N2CCC(C(=O)O)C2)ccc1Br. The van der Waals surface area contributed by atoms with Crippen LogP contribution in [0.1, 0.15) is 12.0 Å². The molecule has 5 nitrogen and oxygen atoms in total. The summed E-state index contributed by atoms with van der Waals surface area (Å²) in [7, 11) is 0. The van der Waals surface area contributed by atoms with Gasteiger partial charge in [0.25, 0.3) is 0 Å². The number of hydrogen-bond acceptors (Lipinski definition) is 2. The maximum atomic E-state index is 12.0.